The van der Waals surface area contributed by atoms with Crippen LogP contribution >= 0.6 is 15.9 Å². The Kier molecular flexibility index (Phi) is 3.10. The number of rotatable bonds is 3. The predicted octanol–water partition coefficient (Wildman–Crippen LogP) is 4.07. The molecule has 82 valence electrons. The largest absolute Gasteiger partial charge is 0.207 e. The molecule has 0 heterocycles. The van der Waals surface area contributed by atoms with Crippen molar-refractivity contribution >= 4 is 15.9 Å². The molecule has 0 unspecified atom stereocenters. The van der Waals surface area contributed by atoms with E-state index in [1.165, 1.54) is 24.6 Å². The van der Waals surface area contributed by atoms with Crippen molar-refractivity contribution in [3.8, 4) is 0 Å². The molecule has 0 saturated heterocycles. The van der Waals surface area contributed by atoms with Crippen LogP contribution in [0.3, 0.4) is 0 Å². The molecule has 0 nitrogen and oxygen atoms in total. The lowest BCUT2D eigenvalue weighted by Crippen LogP contribution is -2.33. The number of benzene rings is 1. The molecule has 0 spiro atoms. The van der Waals surface area contributed by atoms with Crippen LogP contribution in [0, 0.1) is 17.0 Å². The van der Waals surface area contributed by atoms with E-state index in [2.05, 4.69) is 15.9 Å². The van der Waals surface area contributed by atoms with Gasteiger partial charge in [-0.1, -0.05) is 22.4 Å². The zero-order valence-corrected chi connectivity index (χ0v) is 9.99. The highest BCUT2D eigenvalue weighted by atomic mass is 79.9. The second kappa shape index (κ2) is 4.20. The second-order valence-corrected chi connectivity index (χ2v) is 4.96. The van der Waals surface area contributed by atoms with Gasteiger partial charge in [0, 0.05) is 5.33 Å². The summed E-state index contributed by atoms with van der Waals surface area (Å²) >= 11 is 3.47. The molecule has 1 aliphatic carbocycles. The fraction of sp³-hybridized carbons (Fsp3) is 0.500. The van der Waals surface area contributed by atoms with Crippen LogP contribution in [0.2, 0.25) is 0 Å². The summed E-state index contributed by atoms with van der Waals surface area (Å²) in [6, 6.07) is 3.70. The van der Waals surface area contributed by atoms with Crippen molar-refractivity contribution in [2.45, 2.75) is 25.7 Å². The molecule has 2 rings (SSSR count). The van der Waals surface area contributed by atoms with Crippen LogP contribution in [-0.4, -0.2) is 5.33 Å². The summed E-state index contributed by atoms with van der Waals surface area (Å²) in [6.45, 7) is 0. The number of hydrogen-bond acceptors (Lipinski definition) is 0. The Morgan fingerprint density at radius 1 is 1.27 bits per heavy atom. The van der Waals surface area contributed by atoms with E-state index < -0.39 is 0 Å². The van der Waals surface area contributed by atoms with Gasteiger partial charge in [0.15, 0.2) is 0 Å². The topological polar surface area (TPSA) is 0 Å². The lowest BCUT2D eigenvalue weighted by molar-refractivity contribution is 0.168. The van der Waals surface area contributed by atoms with Gasteiger partial charge in [-0.2, -0.15) is 0 Å². The normalized spacial score (nSPS) is 18.6. The molecule has 0 aromatic heterocycles. The molecule has 0 bridgehead atoms. The van der Waals surface area contributed by atoms with E-state index in [-0.39, 0.29) is 17.0 Å². The summed E-state index contributed by atoms with van der Waals surface area (Å²) in [7, 11) is 0. The maximum atomic E-state index is 13.4. The molecule has 3 heteroatoms. The first kappa shape index (κ1) is 11.1. The smallest absolute Gasteiger partial charge is 0.126 e. The summed E-state index contributed by atoms with van der Waals surface area (Å²) in [4.78, 5) is 0. The first-order valence-corrected chi connectivity index (χ1v) is 6.27. The molecule has 1 aromatic rings. The third-order valence-electron chi connectivity index (χ3n) is 3.27. The van der Waals surface area contributed by atoms with E-state index in [0.717, 1.165) is 18.2 Å². The van der Waals surface area contributed by atoms with Crippen LogP contribution in [0.4, 0.5) is 8.78 Å². The molecular weight excluding hydrogens is 262 g/mol. The molecule has 0 radical (unpaired) electrons. The lowest BCUT2D eigenvalue weighted by Gasteiger charge is -2.40. The van der Waals surface area contributed by atoms with Crippen molar-refractivity contribution in [3.63, 3.8) is 0 Å². The van der Waals surface area contributed by atoms with Gasteiger partial charge < -0.3 is 0 Å². The average molecular weight is 275 g/mol. The fourth-order valence-corrected chi connectivity index (χ4v) is 2.88. The van der Waals surface area contributed by atoms with Crippen LogP contribution in [-0.2, 0) is 6.42 Å². The Bertz CT molecular complexity index is 353. The monoisotopic (exact) mass is 274 g/mol. The Morgan fingerprint density at radius 3 is 2.53 bits per heavy atom. The molecule has 1 saturated carbocycles. The minimum absolute atomic E-state index is 0.161. The summed E-state index contributed by atoms with van der Waals surface area (Å²) in [6.07, 6.45) is 4.05. The third-order valence-corrected chi connectivity index (χ3v) is 4.46. The third kappa shape index (κ3) is 2.22. The average Bonchev–Trinajstić information content (AvgIpc) is 2.17. The number of hydrogen-bond donors (Lipinski definition) is 0. The molecule has 0 aliphatic heterocycles. The summed E-state index contributed by atoms with van der Waals surface area (Å²) in [5.74, 6) is -0.640. The zero-order chi connectivity index (χ0) is 10.9. The summed E-state index contributed by atoms with van der Waals surface area (Å²) in [5, 5.41) is 0.871. The summed E-state index contributed by atoms with van der Waals surface area (Å²) in [5.41, 5.74) is 0.670. The maximum absolute atomic E-state index is 13.4. The standard InChI is InChI=1S/C12H13BrF2/c13-8-12(4-1-5-12)7-9-6-10(14)2-3-11(9)15/h2-3,6H,1,4-5,7-8H2. The van der Waals surface area contributed by atoms with Gasteiger partial charge in [0.05, 0.1) is 0 Å². The van der Waals surface area contributed by atoms with Gasteiger partial charge in [0.2, 0.25) is 0 Å². The minimum atomic E-state index is -0.351. The minimum Gasteiger partial charge on any atom is -0.207 e. The molecule has 0 atom stereocenters. The molecule has 15 heavy (non-hydrogen) atoms. The van der Waals surface area contributed by atoms with Crippen LogP contribution in [0.1, 0.15) is 24.8 Å². The van der Waals surface area contributed by atoms with E-state index in [4.69, 9.17) is 0 Å². The van der Waals surface area contributed by atoms with Gasteiger partial charge in [-0.3, -0.25) is 0 Å². The first-order chi connectivity index (χ1) is 7.15. The van der Waals surface area contributed by atoms with Crippen molar-refractivity contribution in [1.29, 1.82) is 0 Å². The van der Waals surface area contributed by atoms with Gasteiger partial charge >= 0.3 is 0 Å². The van der Waals surface area contributed by atoms with E-state index in [9.17, 15) is 8.78 Å². The number of halogens is 3. The van der Waals surface area contributed by atoms with Crippen LogP contribution in [0.5, 0.6) is 0 Å². The van der Waals surface area contributed by atoms with Crippen molar-refractivity contribution in [2.24, 2.45) is 5.41 Å². The van der Waals surface area contributed by atoms with Gasteiger partial charge in [0.1, 0.15) is 11.6 Å². The van der Waals surface area contributed by atoms with E-state index in [1.807, 2.05) is 0 Å². The van der Waals surface area contributed by atoms with Crippen molar-refractivity contribution < 1.29 is 8.78 Å². The lowest BCUT2D eigenvalue weighted by atomic mass is 9.67. The predicted molar refractivity (Wildman–Crippen MR) is 60.1 cm³/mol. The van der Waals surface area contributed by atoms with Crippen molar-refractivity contribution in [1.82, 2.24) is 0 Å². The highest BCUT2D eigenvalue weighted by Gasteiger charge is 2.36. The number of alkyl halides is 1. The molecule has 0 amide bonds. The Labute approximate surface area is 96.8 Å². The van der Waals surface area contributed by atoms with Gasteiger partial charge in [0.25, 0.3) is 0 Å². The van der Waals surface area contributed by atoms with E-state index in [0.29, 0.717) is 12.0 Å². The Hall–Kier alpha value is -0.440. The van der Waals surface area contributed by atoms with E-state index in [1.54, 1.807) is 0 Å². The van der Waals surface area contributed by atoms with Crippen LogP contribution in [0.15, 0.2) is 18.2 Å². The van der Waals surface area contributed by atoms with Crippen molar-refractivity contribution in [2.75, 3.05) is 5.33 Å². The van der Waals surface area contributed by atoms with E-state index >= 15 is 0 Å². The molecular formula is C12H13BrF2. The first-order valence-electron chi connectivity index (χ1n) is 5.15. The Balaban J connectivity index is 2.19. The van der Waals surface area contributed by atoms with Gasteiger partial charge in [-0.15, -0.1) is 0 Å². The van der Waals surface area contributed by atoms with Gasteiger partial charge in [-0.25, -0.2) is 8.78 Å². The van der Waals surface area contributed by atoms with Gasteiger partial charge in [-0.05, 0) is 48.4 Å². The maximum Gasteiger partial charge on any atom is 0.126 e. The highest BCUT2D eigenvalue weighted by Crippen LogP contribution is 2.45. The second-order valence-electron chi connectivity index (χ2n) is 4.40. The molecule has 1 aromatic carbocycles. The zero-order valence-electron chi connectivity index (χ0n) is 8.40. The summed E-state index contributed by atoms with van der Waals surface area (Å²) < 4.78 is 26.4. The quantitative estimate of drug-likeness (QED) is 0.729. The Morgan fingerprint density at radius 2 is 2.00 bits per heavy atom. The fourth-order valence-electron chi connectivity index (χ4n) is 2.12. The SMILES string of the molecule is Fc1ccc(F)c(CC2(CBr)CCC2)c1. The van der Waals surface area contributed by atoms with Crippen LogP contribution in [0.25, 0.3) is 0 Å². The highest BCUT2D eigenvalue weighted by molar-refractivity contribution is 9.09. The molecule has 1 fully saturated rings. The molecule has 1 aliphatic rings. The van der Waals surface area contributed by atoms with Crippen molar-refractivity contribution in [3.05, 3.63) is 35.4 Å². The van der Waals surface area contributed by atoms with Crippen LogP contribution < -0.4 is 0 Å². The molecule has 0 N–H and O–H groups in total.